The van der Waals surface area contributed by atoms with E-state index in [0.717, 1.165) is 14.6 Å². The van der Waals surface area contributed by atoms with Gasteiger partial charge >= 0.3 is 0 Å². The highest BCUT2D eigenvalue weighted by Gasteiger charge is 1.97. The smallest absolute Gasteiger partial charge is 0.0471 e. The summed E-state index contributed by atoms with van der Waals surface area (Å²) in [6, 6.07) is 10.2. The molecular weight excluding hydrogens is 294 g/mol. The van der Waals surface area contributed by atoms with Crippen molar-refractivity contribution < 1.29 is 0 Å². The molecule has 0 saturated carbocycles. The van der Waals surface area contributed by atoms with E-state index in [1.807, 2.05) is 30.6 Å². The fourth-order valence-corrected chi connectivity index (χ4v) is 2.46. The summed E-state index contributed by atoms with van der Waals surface area (Å²) >= 11 is 6.91. The van der Waals surface area contributed by atoms with Crippen LogP contribution >= 0.6 is 31.9 Å². The van der Waals surface area contributed by atoms with Gasteiger partial charge in [0.15, 0.2) is 0 Å². The van der Waals surface area contributed by atoms with Crippen LogP contribution in [-0.2, 0) is 0 Å². The van der Waals surface area contributed by atoms with Crippen LogP contribution < -0.4 is 0 Å². The number of benzene rings is 1. The van der Waals surface area contributed by atoms with Crippen molar-refractivity contribution in [1.82, 2.24) is 4.57 Å². The van der Waals surface area contributed by atoms with Gasteiger partial charge in [0.25, 0.3) is 0 Å². The summed E-state index contributed by atoms with van der Waals surface area (Å²) < 4.78 is 4.21. The molecule has 0 fully saturated rings. The molecule has 0 amide bonds. The number of nitrogens with zero attached hydrogens (tertiary/aromatic N) is 1. The Morgan fingerprint density at radius 2 is 1.38 bits per heavy atom. The number of hydrogen-bond donors (Lipinski definition) is 0. The average molecular weight is 301 g/mol. The normalized spacial score (nSPS) is 10.3. The maximum Gasteiger partial charge on any atom is 0.0471 e. The molecule has 0 aliphatic heterocycles. The molecule has 2 rings (SSSR count). The van der Waals surface area contributed by atoms with Crippen LogP contribution in [0.5, 0.6) is 0 Å². The minimum absolute atomic E-state index is 1.07. The highest BCUT2D eigenvalue weighted by molar-refractivity contribution is 9.11. The third-order valence-electron chi connectivity index (χ3n) is 1.75. The van der Waals surface area contributed by atoms with Crippen molar-refractivity contribution in [3.05, 3.63) is 51.7 Å². The summed E-state index contributed by atoms with van der Waals surface area (Å²) in [5.41, 5.74) is 1.14. The minimum Gasteiger partial charge on any atom is -0.324 e. The molecule has 1 heterocycles. The van der Waals surface area contributed by atoms with Crippen LogP contribution in [0.1, 0.15) is 0 Å². The Hall–Kier alpha value is -0.540. The van der Waals surface area contributed by atoms with Crippen LogP contribution in [0.3, 0.4) is 0 Å². The van der Waals surface area contributed by atoms with Crippen LogP contribution in [0.15, 0.2) is 51.7 Å². The van der Waals surface area contributed by atoms with Gasteiger partial charge in [0.2, 0.25) is 0 Å². The largest absolute Gasteiger partial charge is 0.324 e. The Morgan fingerprint density at radius 3 is 1.92 bits per heavy atom. The van der Waals surface area contributed by atoms with Crippen molar-refractivity contribution in [2.75, 3.05) is 0 Å². The molecule has 0 unspecified atom stereocenters. The second-order valence-electron chi connectivity index (χ2n) is 2.72. The van der Waals surface area contributed by atoms with E-state index in [9.17, 15) is 0 Å². The van der Waals surface area contributed by atoms with Gasteiger partial charge in [-0.15, -0.1) is 0 Å². The van der Waals surface area contributed by atoms with Crippen molar-refractivity contribution in [2.24, 2.45) is 0 Å². The maximum atomic E-state index is 3.46. The van der Waals surface area contributed by atoms with Crippen LogP contribution in [0, 0.1) is 0 Å². The molecule has 0 aliphatic rings. The van der Waals surface area contributed by atoms with E-state index >= 15 is 0 Å². The van der Waals surface area contributed by atoms with Crippen LogP contribution in [0.25, 0.3) is 5.69 Å². The maximum absolute atomic E-state index is 3.46. The van der Waals surface area contributed by atoms with Gasteiger partial charge in [-0.25, -0.2) is 0 Å². The van der Waals surface area contributed by atoms with Crippen molar-refractivity contribution in [3.63, 3.8) is 0 Å². The Kier molecular flexibility index (Phi) is 2.56. The summed E-state index contributed by atoms with van der Waals surface area (Å²) in [5.74, 6) is 0. The summed E-state index contributed by atoms with van der Waals surface area (Å²) in [4.78, 5) is 0. The molecule has 0 bridgehead atoms. The molecule has 66 valence electrons. The molecule has 0 radical (unpaired) electrons. The van der Waals surface area contributed by atoms with Gasteiger partial charge in [-0.05, 0) is 30.3 Å². The van der Waals surface area contributed by atoms with Gasteiger partial charge in [0, 0.05) is 27.0 Å². The molecule has 0 spiro atoms. The fraction of sp³-hybridized carbons (Fsp3) is 0. The lowest BCUT2D eigenvalue weighted by molar-refractivity contribution is 1.08. The summed E-state index contributed by atoms with van der Waals surface area (Å²) in [5, 5.41) is 0. The van der Waals surface area contributed by atoms with E-state index in [1.165, 1.54) is 0 Å². The third-order valence-corrected chi connectivity index (χ3v) is 2.67. The molecule has 13 heavy (non-hydrogen) atoms. The first-order valence-electron chi connectivity index (χ1n) is 3.85. The quantitative estimate of drug-likeness (QED) is 0.750. The number of aromatic nitrogens is 1. The second kappa shape index (κ2) is 3.68. The van der Waals surface area contributed by atoms with Crippen molar-refractivity contribution >= 4 is 31.9 Å². The Labute approximate surface area is 93.6 Å². The number of halogens is 2. The zero-order valence-electron chi connectivity index (χ0n) is 6.74. The molecule has 0 N–H and O–H groups in total. The van der Waals surface area contributed by atoms with Gasteiger partial charge in [0.05, 0.1) is 0 Å². The minimum atomic E-state index is 1.07. The number of hydrogen-bond acceptors (Lipinski definition) is 0. The molecule has 1 nitrogen and oxygen atoms in total. The standard InChI is InChI=1S/C10H7Br2N/c11-8-5-9(12)7-10(6-8)13-3-1-2-4-13/h1-7H. The van der Waals surface area contributed by atoms with Gasteiger partial charge in [0.1, 0.15) is 0 Å². The molecule has 2 aromatic rings. The lowest BCUT2D eigenvalue weighted by atomic mass is 10.3. The monoisotopic (exact) mass is 299 g/mol. The average Bonchev–Trinajstić information content (AvgIpc) is 2.53. The predicted octanol–water partition coefficient (Wildman–Crippen LogP) is 4.00. The lowest BCUT2D eigenvalue weighted by Gasteiger charge is -2.03. The van der Waals surface area contributed by atoms with E-state index in [1.54, 1.807) is 0 Å². The Morgan fingerprint density at radius 1 is 0.846 bits per heavy atom. The first-order chi connectivity index (χ1) is 6.25. The van der Waals surface area contributed by atoms with E-state index in [0.29, 0.717) is 0 Å². The Balaban J connectivity index is 2.53. The zero-order chi connectivity index (χ0) is 9.26. The molecule has 0 aliphatic carbocycles. The topological polar surface area (TPSA) is 4.93 Å². The number of rotatable bonds is 1. The molecule has 0 saturated heterocycles. The molecule has 1 aromatic carbocycles. The second-order valence-corrected chi connectivity index (χ2v) is 4.55. The summed E-state index contributed by atoms with van der Waals surface area (Å²) in [6.07, 6.45) is 4.04. The van der Waals surface area contributed by atoms with Crippen LogP contribution in [-0.4, -0.2) is 4.57 Å². The molecular formula is C10H7Br2N. The molecule has 1 aromatic heterocycles. The first kappa shape index (κ1) is 9.03. The van der Waals surface area contributed by atoms with Crippen LogP contribution in [0.4, 0.5) is 0 Å². The van der Waals surface area contributed by atoms with E-state index in [4.69, 9.17) is 0 Å². The molecule has 3 heteroatoms. The first-order valence-corrected chi connectivity index (χ1v) is 5.44. The van der Waals surface area contributed by atoms with Gasteiger partial charge in [-0.3, -0.25) is 0 Å². The molecule has 0 atom stereocenters. The third kappa shape index (κ3) is 2.03. The van der Waals surface area contributed by atoms with Gasteiger partial charge < -0.3 is 4.57 Å². The predicted molar refractivity (Wildman–Crippen MR) is 61.2 cm³/mol. The zero-order valence-corrected chi connectivity index (χ0v) is 9.92. The van der Waals surface area contributed by atoms with Gasteiger partial charge in [-0.1, -0.05) is 31.9 Å². The van der Waals surface area contributed by atoms with Crippen molar-refractivity contribution in [3.8, 4) is 5.69 Å². The summed E-state index contributed by atoms with van der Waals surface area (Å²) in [7, 11) is 0. The van der Waals surface area contributed by atoms with Gasteiger partial charge in [-0.2, -0.15) is 0 Å². The summed E-state index contributed by atoms with van der Waals surface area (Å²) in [6.45, 7) is 0. The van der Waals surface area contributed by atoms with Crippen molar-refractivity contribution in [1.29, 1.82) is 0 Å². The SMILES string of the molecule is Brc1cc(Br)cc(-n2cccc2)c1. The Bertz CT molecular complexity index is 387. The highest BCUT2D eigenvalue weighted by Crippen LogP contribution is 2.22. The lowest BCUT2D eigenvalue weighted by Crippen LogP contribution is -1.88. The fourth-order valence-electron chi connectivity index (χ4n) is 1.19. The van der Waals surface area contributed by atoms with Crippen molar-refractivity contribution in [2.45, 2.75) is 0 Å². The van der Waals surface area contributed by atoms with E-state index < -0.39 is 0 Å². The van der Waals surface area contributed by atoms with E-state index in [2.05, 4.69) is 48.6 Å². The highest BCUT2D eigenvalue weighted by atomic mass is 79.9. The van der Waals surface area contributed by atoms with Crippen LogP contribution in [0.2, 0.25) is 0 Å². The van der Waals surface area contributed by atoms with E-state index in [-0.39, 0.29) is 0 Å².